The van der Waals surface area contributed by atoms with Crippen LogP contribution in [0.2, 0.25) is 0 Å². The Balaban J connectivity index is 2.09. The van der Waals surface area contributed by atoms with Crippen LogP contribution in [0.4, 0.5) is 4.39 Å². The number of thioether (sulfide) groups is 1. The number of methoxy groups -OCH3 is 1. The molecule has 0 aliphatic carbocycles. The zero-order valence-corrected chi connectivity index (χ0v) is 13.9. The first-order chi connectivity index (χ1) is 10.1. The number of halogens is 2. The van der Waals surface area contributed by atoms with Crippen molar-refractivity contribution in [1.29, 1.82) is 0 Å². The molecule has 0 amide bonds. The third-order valence-corrected chi connectivity index (χ3v) is 4.58. The Morgan fingerprint density at radius 1 is 1.33 bits per heavy atom. The summed E-state index contributed by atoms with van der Waals surface area (Å²) in [5.74, 6) is 6.35. The van der Waals surface area contributed by atoms with Gasteiger partial charge in [0.1, 0.15) is 11.6 Å². The molecule has 1 atom stereocenters. The number of nitrogens with one attached hydrogen (secondary N) is 1. The Morgan fingerprint density at radius 3 is 2.76 bits per heavy atom. The SMILES string of the molecule is COc1ccc(C(CSc2cccc(Br)c2)NN)c(F)c1. The molecule has 3 N–H and O–H groups in total. The van der Waals surface area contributed by atoms with Gasteiger partial charge in [-0.25, -0.2) is 4.39 Å². The van der Waals surface area contributed by atoms with Crippen molar-refractivity contribution in [3.8, 4) is 5.75 Å². The summed E-state index contributed by atoms with van der Waals surface area (Å²) >= 11 is 5.04. The van der Waals surface area contributed by atoms with Gasteiger partial charge < -0.3 is 4.74 Å². The van der Waals surface area contributed by atoms with E-state index in [0.29, 0.717) is 17.1 Å². The fourth-order valence-corrected chi connectivity index (χ4v) is 3.45. The van der Waals surface area contributed by atoms with Crippen LogP contribution in [0.5, 0.6) is 5.75 Å². The Morgan fingerprint density at radius 2 is 2.14 bits per heavy atom. The van der Waals surface area contributed by atoms with Gasteiger partial charge in [0.15, 0.2) is 0 Å². The van der Waals surface area contributed by atoms with Crippen molar-refractivity contribution >= 4 is 27.7 Å². The molecule has 0 saturated heterocycles. The number of nitrogens with two attached hydrogens (primary N) is 1. The van der Waals surface area contributed by atoms with Crippen molar-refractivity contribution in [2.75, 3.05) is 12.9 Å². The molecule has 2 aromatic carbocycles. The Bertz CT molecular complexity index is 612. The summed E-state index contributed by atoms with van der Waals surface area (Å²) in [6.07, 6.45) is 0. The minimum absolute atomic E-state index is 0.278. The summed E-state index contributed by atoms with van der Waals surface area (Å²) in [6, 6.07) is 12.5. The molecule has 2 aromatic rings. The molecule has 1 unspecified atom stereocenters. The fraction of sp³-hybridized carbons (Fsp3) is 0.200. The minimum atomic E-state index is -0.327. The average Bonchev–Trinajstić information content (AvgIpc) is 2.49. The van der Waals surface area contributed by atoms with Gasteiger partial charge in [0.2, 0.25) is 0 Å². The van der Waals surface area contributed by atoms with E-state index in [1.165, 1.54) is 13.2 Å². The molecular formula is C15H16BrFN2OS. The topological polar surface area (TPSA) is 47.3 Å². The van der Waals surface area contributed by atoms with Gasteiger partial charge in [-0.1, -0.05) is 28.1 Å². The van der Waals surface area contributed by atoms with E-state index in [9.17, 15) is 4.39 Å². The molecular weight excluding hydrogens is 355 g/mol. The van der Waals surface area contributed by atoms with Crippen LogP contribution < -0.4 is 16.0 Å². The van der Waals surface area contributed by atoms with Crippen LogP contribution in [-0.2, 0) is 0 Å². The van der Waals surface area contributed by atoms with Gasteiger partial charge in [-0.15, -0.1) is 11.8 Å². The molecule has 3 nitrogen and oxygen atoms in total. The van der Waals surface area contributed by atoms with Gasteiger partial charge in [-0.05, 0) is 24.3 Å². The lowest BCUT2D eigenvalue weighted by molar-refractivity contribution is 0.409. The highest BCUT2D eigenvalue weighted by molar-refractivity contribution is 9.10. The maximum atomic E-state index is 14.1. The highest BCUT2D eigenvalue weighted by Gasteiger charge is 2.15. The summed E-state index contributed by atoms with van der Waals surface area (Å²) in [4.78, 5) is 1.10. The van der Waals surface area contributed by atoms with Crippen LogP contribution in [0, 0.1) is 5.82 Å². The summed E-state index contributed by atoms with van der Waals surface area (Å²) in [7, 11) is 1.51. The van der Waals surface area contributed by atoms with Crippen LogP contribution in [0.1, 0.15) is 11.6 Å². The lowest BCUT2D eigenvalue weighted by atomic mass is 10.1. The van der Waals surface area contributed by atoms with Crippen molar-refractivity contribution in [2.24, 2.45) is 5.84 Å². The second-order valence-electron chi connectivity index (χ2n) is 4.38. The third kappa shape index (κ3) is 4.44. The maximum Gasteiger partial charge on any atom is 0.131 e. The molecule has 0 aromatic heterocycles. The van der Waals surface area contributed by atoms with Gasteiger partial charge in [0.25, 0.3) is 0 Å². The average molecular weight is 371 g/mol. The predicted molar refractivity (Wildman–Crippen MR) is 87.9 cm³/mol. The van der Waals surface area contributed by atoms with Crippen molar-refractivity contribution in [1.82, 2.24) is 5.43 Å². The quantitative estimate of drug-likeness (QED) is 0.460. The molecule has 0 radical (unpaired) electrons. The first-order valence-corrected chi connectivity index (χ1v) is 8.10. The van der Waals surface area contributed by atoms with Crippen LogP contribution in [-0.4, -0.2) is 12.9 Å². The van der Waals surface area contributed by atoms with Crippen LogP contribution in [0.25, 0.3) is 0 Å². The van der Waals surface area contributed by atoms with E-state index < -0.39 is 0 Å². The minimum Gasteiger partial charge on any atom is -0.497 e. The van der Waals surface area contributed by atoms with E-state index in [1.807, 2.05) is 24.3 Å². The Hall–Kier alpha value is -1.08. The Labute approximate surface area is 136 Å². The molecule has 0 aliphatic heterocycles. The number of ether oxygens (including phenoxy) is 1. The molecule has 21 heavy (non-hydrogen) atoms. The van der Waals surface area contributed by atoms with E-state index >= 15 is 0 Å². The van der Waals surface area contributed by atoms with E-state index in [0.717, 1.165) is 9.37 Å². The smallest absolute Gasteiger partial charge is 0.131 e. The van der Waals surface area contributed by atoms with Crippen molar-refractivity contribution in [3.63, 3.8) is 0 Å². The maximum absolute atomic E-state index is 14.1. The van der Waals surface area contributed by atoms with E-state index in [1.54, 1.807) is 23.9 Å². The summed E-state index contributed by atoms with van der Waals surface area (Å²) in [6.45, 7) is 0. The van der Waals surface area contributed by atoms with Gasteiger partial charge in [-0.2, -0.15) is 0 Å². The lowest BCUT2D eigenvalue weighted by Crippen LogP contribution is -2.30. The molecule has 0 spiro atoms. The van der Waals surface area contributed by atoms with E-state index in [-0.39, 0.29) is 11.9 Å². The van der Waals surface area contributed by atoms with Crippen molar-refractivity contribution < 1.29 is 9.13 Å². The van der Waals surface area contributed by atoms with E-state index in [2.05, 4.69) is 21.4 Å². The van der Waals surface area contributed by atoms with Gasteiger partial charge in [-0.3, -0.25) is 11.3 Å². The summed E-state index contributed by atoms with van der Waals surface area (Å²) < 4.78 is 20.1. The predicted octanol–water partition coefficient (Wildman–Crippen LogP) is 3.89. The van der Waals surface area contributed by atoms with Crippen molar-refractivity contribution in [2.45, 2.75) is 10.9 Å². The van der Waals surface area contributed by atoms with Crippen LogP contribution in [0.3, 0.4) is 0 Å². The Kier molecular flexibility index (Phi) is 6.05. The molecule has 112 valence electrons. The second kappa shape index (κ2) is 7.79. The van der Waals surface area contributed by atoms with Crippen molar-refractivity contribution in [3.05, 3.63) is 58.3 Å². The number of benzene rings is 2. The largest absolute Gasteiger partial charge is 0.497 e. The number of hydrazine groups is 1. The molecule has 0 aliphatic rings. The van der Waals surface area contributed by atoms with E-state index in [4.69, 9.17) is 10.6 Å². The lowest BCUT2D eigenvalue weighted by Gasteiger charge is -2.17. The highest BCUT2D eigenvalue weighted by Crippen LogP contribution is 2.28. The van der Waals surface area contributed by atoms with Gasteiger partial charge >= 0.3 is 0 Å². The highest BCUT2D eigenvalue weighted by atomic mass is 79.9. The molecule has 0 fully saturated rings. The number of hydrogen-bond acceptors (Lipinski definition) is 4. The second-order valence-corrected chi connectivity index (χ2v) is 6.38. The molecule has 2 rings (SSSR count). The first kappa shape index (κ1) is 16.3. The molecule has 0 saturated carbocycles. The zero-order valence-electron chi connectivity index (χ0n) is 11.5. The van der Waals surface area contributed by atoms with Crippen LogP contribution in [0.15, 0.2) is 51.8 Å². The molecule has 6 heteroatoms. The summed E-state index contributed by atoms with van der Waals surface area (Å²) in [5.41, 5.74) is 3.20. The molecule has 0 heterocycles. The monoisotopic (exact) mass is 370 g/mol. The van der Waals surface area contributed by atoms with Gasteiger partial charge in [0.05, 0.1) is 13.2 Å². The van der Waals surface area contributed by atoms with Crippen LogP contribution >= 0.6 is 27.7 Å². The number of hydrogen-bond donors (Lipinski definition) is 2. The number of rotatable bonds is 6. The standard InChI is InChI=1S/C15H16BrFN2OS/c1-20-11-5-6-13(14(17)8-11)15(19-18)9-21-12-4-2-3-10(16)7-12/h2-8,15,19H,9,18H2,1H3. The zero-order chi connectivity index (χ0) is 15.2. The normalized spacial score (nSPS) is 12.2. The molecule has 0 bridgehead atoms. The fourth-order valence-electron chi connectivity index (χ4n) is 1.88. The first-order valence-electron chi connectivity index (χ1n) is 6.32. The van der Waals surface area contributed by atoms with Gasteiger partial charge in [0, 0.05) is 26.8 Å². The third-order valence-electron chi connectivity index (χ3n) is 3.00. The summed E-state index contributed by atoms with van der Waals surface area (Å²) in [5, 5.41) is 0.